The predicted octanol–water partition coefficient (Wildman–Crippen LogP) is 6.12. The second-order valence-electron chi connectivity index (χ2n) is 9.66. The quantitative estimate of drug-likeness (QED) is 0.183. The topological polar surface area (TPSA) is 62.3 Å². The zero-order valence-corrected chi connectivity index (χ0v) is 24.5. The molecular weight excluding hydrogens is 524 g/mol. The largest absolute Gasteiger partial charge is 0.497 e. The van der Waals surface area contributed by atoms with Gasteiger partial charge in [-0.15, -0.1) is 11.3 Å². The molecule has 4 rings (SSSR count). The van der Waals surface area contributed by atoms with Crippen LogP contribution in [-0.2, 0) is 38.7 Å². The summed E-state index contributed by atoms with van der Waals surface area (Å²) in [5.74, 6) is 0.852. The molecule has 0 saturated carbocycles. The maximum Gasteiger partial charge on any atom is 0.186 e. The molecular formula is C32H40N2O5S. The molecule has 0 bridgehead atoms. The Morgan fingerprint density at radius 2 is 1.73 bits per heavy atom. The van der Waals surface area contributed by atoms with E-state index in [4.69, 9.17) is 28.7 Å². The van der Waals surface area contributed by atoms with Crippen molar-refractivity contribution in [1.82, 2.24) is 4.98 Å². The zero-order valence-electron chi connectivity index (χ0n) is 23.7. The molecule has 1 aromatic heterocycles. The first-order chi connectivity index (χ1) is 19.6. The van der Waals surface area contributed by atoms with E-state index in [-0.39, 0.29) is 6.10 Å². The third-order valence-electron chi connectivity index (χ3n) is 6.65. The lowest BCUT2D eigenvalue weighted by molar-refractivity contribution is 0.00654. The minimum absolute atomic E-state index is 0.112. The molecule has 0 spiro atoms. The number of rotatable bonds is 17. The lowest BCUT2D eigenvalue weighted by atomic mass is 10.0. The highest BCUT2D eigenvalue weighted by Crippen LogP contribution is 2.27. The number of ether oxygens (including phenoxy) is 5. The van der Waals surface area contributed by atoms with E-state index in [0.717, 1.165) is 36.1 Å². The molecule has 1 unspecified atom stereocenters. The van der Waals surface area contributed by atoms with Crippen molar-refractivity contribution in [2.75, 3.05) is 52.1 Å². The highest BCUT2D eigenvalue weighted by atomic mass is 32.1. The van der Waals surface area contributed by atoms with Crippen LogP contribution in [0.25, 0.3) is 0 Å². The van der Waals surface area contributed by atoms with Gasteiger partial charge in [0.25, 0.3) is 0 Å². The molecule has 40 heavy (non-hydrogen) atoms. The van der Waals surface area contributed by atoms with Gasteiger partial charge in [0, 0.05) is 32.0 Å². The van der Waals surface area contributed by atoms with Crippen LogP contribution in [0.4, 0.5) is 5.13 Å². The van der Waals surface area contributed by atoms with Gasteiger partial charge in [-0.1, -0.05) is 54.6 Å². The zero-order chi connectivity index (χ0) is 28.0. The molecule has 1 aliphatic rings. The van der Waals surface area contributed by atoms with Gasteiger partial charge in [0.2, 0.25) is 0 Å². The van der Waals surface area contributed by atoms with Crippen LogP contribution >= 0.6 is 11.3 Å². The first-order valence-electron chi connectivity index (χ1n) is 13.6. The fourth-order valence-electron chi connectivity index (χ4n) is 4.39. The summed E-state index contributed by atoms with van der Waals surface area (Å²) in [4.78, 5) is 7.21. The van der Waals surface area contributed by atoms with E-state index in [9.17, 15) is 0 Å². The second kappa shape index (κ2) is 16.3. The molecule has 0 N–H and O–H groups in total. The van der Waals surface area contributed by atoms with Crippen molar-refractivity contribution in [3.05, 3.63) is 100 Å². The third kappa shape index (κ3) is 9.57. The first kappa shape index (κ1) is 30.0. The normalized spacial score (nSPS) is 14.8. The van der Waals surface area contributed by atoms with Crippen LogP contribution in [0.15, 0.2) is 77.7 Å². The number of methoxy groups -OCH3 is 2. The summed E-state index contributed by atoms with van der Waals surface area (Å²) in [6, 6.07) is 16.4. The van der Waals surface area contributed by atoms with Gasteiger partial charge in [0.15, 0.2) is 5.13 Å². The minimum Gasteiger partial charge on any atom is -0.497 e. The number of aryl methyl sites for hydroxylation is 1. The van der Waals surface area contributed by atoms with E-state index in [2.05, 4.69) is 59.7 Å². The monoisotopic (exact) mass is 564 g/mol. The Balaban J connectivity index is 1.23. The van der Waals surface area contributed by atoms with Crippen LogP contribution in [0.5, 0.6) is 5.75 Å². The molecule has 3 aromatic rings. The van der Waals surface area contributed by atoms with Gasteiger partial charge in [0.1, 0.15) is 5.75 Å². The standard InChI is InChI=1S/C32H40N2O5S/c1-25-8-4-5-11-28(25)22-38-16-14-37-15-17-39-23-29-24-40-32(33-29)34(20-26-9-6-12-30(18-26)35-2)21-27-10-7-13-31(19-27)36-3/h4-13,18,24,31H,14-17,19-23H2,1-3H3. The summed E-state index contributed by atoms with van der Waals surface area (Å²) in [5, 5.41) is 3.04. The summed E-state index contributed by atoms with van der Waals surface area (Å²) in [6.45, 7) is 6.79. The maximum absolute atomic E-state index is 5.84. The number of hydrogen-bond acceptors (Lipinski definition) is 8. The Morgan fingerprint density at radius 1 is 0.925 bits per heavy atom. The summed E-state index contributed by atoms with van der Waals surface area (Å²) < 4.78 is 28.2. The Labute approximate surface area is 242 Å². The number of nitrogens with zero attached hydrogens (tertiary/aromatic N) is 2. The van der Waals surface area contributed by atoms with Crippen LogP contribution in [0.1, 0.15) is 28.8 Å². The van der Waals surface area contributed by atoms with Gasteiger partial charge >= 0.3 is 0 Å². The van der Waals surface area contributed by atoms with Crippen molar-refractivity contribution in [2.45, 2.75) is 39.2 Å². The van der Waals surface area contributed by atoms with Crippen molar-refractivity contribution in [3.63, 3.8) is 0 Å². The predicted molar refractivity (Wildman–Crippen MR) is 160 cm³/mol. The lowest BCUT2D eigenvalue weighted by Gasteiger charge is -2.26. The molecule has 0 aliphatic heterocycles. The molecule has 0 saturated heterocycles. The van der Waals surface area contributed by atoms with Crippen LogP contribution in [0.3, 0.4) is 0 Å². The summed E-state index contributed by atoms with van der Waals surface area (Å²) in [7, 11) is 3.45. The smallest absolute Gasteiger partial charge is 0.186 e. The van der Waals surface area contributed by atoms with Crippen molar-refractivity contribution in [1.29, 1.82) is 0 Å². The van der Waals surface area contributed by atoms with Gasteiger partial charge in [0.05, 0.1) is 58.5 Å². The molecule has 1 heterocycles. The van der Waals surface area contributed by atoms with Crippen LogP contribution in [-0.4, -0.2) is 58.3 Å². The summed E-state index contributed by atoms with van der Waals surface area (Å²) in [5.41, 5.74) is 5.85. The van der Waals surface area contributed by atoms with Gasteiger partial charge in [-0.05, 0) is 41.3 Å². The molecule has 0 fully saturated rings. The molecule has 7 nitrogen and oxygen atoms in total. The van der Waals surface area contributed by atoms with E-state index in [1.54, 1.807) is 25.6 Å². The maximum atomic E-state index is 5.84. The van der Waals surface area contributed by atoms with Gasteiger partial charge in [-0.25, -0.2) is 4.98 Å². The fraction of sp³-hybridized carbons (Fsp3) is 0.406. The molecule has 0 amide bonds. The van der Waals surface area contributed by atoms with E-state index < -0.39 is 0 Å². The van der Waals surface area contributed by atoms with Gasteiger partial charge < -0.3 is 28.6 Å². The summed E-state index contributed by atoms with van der Waals surface area (Å²) in [6.07, 6.45) is 7.34. The number of aromatic nitrogens is 1. The van der Waals surface area contributed by atoms with E-state index >= 15 is 0 Å². The van der Waals surface area contributed by atoms with Gasteiger partial charge in [-0.2, -0.15) is 0 Å². The second-order valence-corrected chi connectivity index (χ2v) is 10.5. The van der Waals surface area contributed by atoms with E-state index in [1.165, 1.54) is 22.3 Å². The fourth-order valence-corrected chi connectivity index (χ4v) is 5.20. The number of thiazole rings is 1. The lowest BCUT2D eigenvalue weighted by Crippen LogP contribution is -2.27. The third-order valence-corrected chi connectivity index (χ3v) is 7.60. The number of hydrogen-bond donors (Lipinski definition) is 0. The molecule has 214 valence electrons. The number of allylic oxidation sites excluding steroid dienone is 2. The van der Waals surface area contributed by atoms with Crippen LogP contribution in [0.2, 0.25) is 0 Å². The van der Waals surface area contributed by atoms with Crippen molar-refractivity contribution in [3.8, 4) is 5.75 Å². The molecule has 1 atom stereocenters. The Hall–Kier alpha value is -3.01. The Kier molecular flexibility index (Phi) is 12.2. The first-order valence-corrected chi connectivity index (χ1v) is 14.5. The average molecular weight is 565 g/mol. The molecule has 1 aliphatic carbocycles. The summed E-state index contributed by atoms with van der Waals surface area (Å²) >= 11 is 1.64. The Morgan fingerprint density at radius 3 is 2.52 bits per heavy atom. The van der Waals surface area contributed by atoms with Crippen molar-refractivity contribution < 1.29 is 23.7 Å². The van der Waals surface area contributed by atoms with Gasteiger partial charge in [-0.3, -0.25) is 0 Å². The van der Waals surface area contributed by atoms with Crippen LogP contribution in [0, 0.1) is 6.92 Å². The van der Waals surface area contributed by atoms with Crippen molar-refractivity contribution >= 4 is 16.5 Å². The van der Waals surface area contributed by atoms with Crippen molar-refractivity contribution in [2.24, 2.45) is 0 Å². The number of anilines is 1. The average Bonchev–Trinajstić information content (AvgIpc) is 3.46. The highest BCUT2D eigenvalue weighted by Gasteiger charge is 2.18. The highest BCUT2D eigenvalue weighted by molar-refractivity contribution is 7.13. The molecule has 0 radical (unpaired) electrons. The van der Waals surface area contributed by atoms with Crippen LogP contribution < -0.4 is 9.64 Å². The minimum atomic E-state index is 0.112. The number of benzene rings is 2. The molecule has 8 heteroatoms. The Bertz CT molecular complexity index is 1240. The van der Waals surface area contributed by atoms with E-state index in [1.807, 2.05) is 24.3 Å². The van der Waals surface area contributed by atoms with E-state index in [0.29, 0.717) is 39.6 Å². The molecule has 2 aromatic carbocycles. The SMILES string of the molecule is COc1cccc(CN(CC2=CC=CC(OC)C2)c2nc(COCCOCCOCc3ccccc3C)cs2)c1.